The van der Waals surface area contributed by atoms with Crippen LogP contribution in [0.3, 0.4) is 0 Å². The second-order valence-corrected chi connectivity index (χ2v) is 5.67. The quantitative estimate of drug-likeness (QED) is 0.847. The van der Waals surface area contributed by atoms with E-state index < -0.39 is 12.2 Å². The van der Waals surface area contributed by atoms with Crippen molar-refractivity contribution >= 4 is 29.1 Å². The van der Waals surface area contributed by atoms with Gasteiger partial charge < -0.3 is 15.2 Å². The number of carbonyl (C=O) groups excluding carboxylic acids is 1. The van der Waals surface area contributed by atoms with Gasteiger partial charge in [0.25, 0.3) is 5.91 Å². The van der Waals surface area contributed by atoms with Gasteiger partial charge >= 0.3 is 0 Å². The lowest BCUT2D eigenvalue weighted by molar-refractivity contribution is -0.128. The summed E-state index contributed by atoms with van der Waals surface area (Å²) in [5.41, 5.74) is 0. The first-order valence-corrected chi connectivity index (χ1v) is 7.15. The van der Waals surface area contributed by atoms with E-state index in [1.54, 1.807) is 32.0 Å². The Kier molecular flexibility index (Phi) is 6.59. The van der Waals surface area contributed by atoms with Crippen LogP contribution in [0.15, 0.2) is 18.2 Å². The molecule has 4 nitrogen and oxygen atoms in total. The predicted octanol–water partition coefficient (Wildman–Crippen LogP) is 3.04. The molecule has 1 aromatic carbocycles. The SMILES string of the molecule is CC(O)CC(C)NC(=O)C(C)Oc1ccc(Cl)cc1Cl. The van der Waals surface area contributed by atoms with Crippen molar-refractivity contribution < 1.29 is 14.6 Å². The standard InChI is InChI=1S/C14H19Cl2NO3/c1-8(6-9(2)18)17-14(19)10(3)20-13-5-4-11(15)7-12(13)16/h4-5,7-10,18H,6H2,1-3H3,(H,17,19). The van der Waals surface area contributed by atoms with Crippen LogP contribution in [-0.4, -0.2) is 29.3 Å². The predicted molar refractivity (Wildman–Crippen MR) is 80.5 cm³/mol. The summed E-state index contributed by atoms with van der Waals surface area (Å²) < 4.78 is 5.50. The largest absolute Gasteiger partial charge is 0.479 e. The normalized spacial score (nSPS) is 15.3. The van der Waals surface area contributed by atoms with Gasteiger partial charge in [0.15, 0.2) is 6.10 Å². The first-order valence-electron chi connectivity index (χ1n) is 6.39. The Bertz CT molecular complexity index is 466. The average Bonchev–Trinajstić information content (AvgIpc) is 2.31. The van der Waals surface area contributed by atoms with Crippen molar-refractivity contribution in [3.8, 4) is 5.75 Å². The Morgan fingerprint density at radius 2 is 2.00 bits per heavy atom. The first kappa shape index (κ1) is 17.1. The van der Waals surface area contributed by atoms with Crippen molar-refractivity contribution in [2.45, 2.75) is 45.4 Å². The van der Waals surface area contributed by atoms with Crippen LogP contribution < -0.4 is 10.1 Å². The molecule has 6 heteroatoms. The van der Waals surface area contributed by atoms with E-state index >= 15 is 0 Å². The minimum absolute atomic E-state index is 0.130. The maximum Gasteiger partial charge on any atom is 0.260 e. The number of hydrogen-bond acceptors (Lipinski definition) is 3. The molecule has 0 spiro atoms. The molecule has 0 saturated heterocycles. The maximum atomic E-state index is 11.9. The highest BCUT2D eigenvalue weighted by Crippen LogP contribution is 2.28. The summed E-state index contributed by atoms with van der Waals surface area (Å²) in [7, 11) is 0. The summed E-state index contributed by atoms with van der Waals surface area (Å²) in [6.45, 7) is 5.14. The highest BCUT2D eigenvalue weighted by atomic mass is 35.5. The van der Waals surface area contributed by atoms with Crippen molar-refractivity contribution in [2.24, 2.45) is 0 Å². The molecule has 3 atom stereocenters. The molecule has 1 amide bonds. The molecule has 1 aromatic rings. The molecule has 3 unspecified atom stereocenters. The molecule has 0 bridgehead atoms. The van der Waals surface area contributed by atoms with Gasteiger partial charge in [0.05, 0.1) is 11.1 Å². The molecule has 0 heterocycles. The van der Waals surface area contributed by atoms with Gasteiger partial charge in [-0.15, -0.1) is 0 Å². The Labute approximate surface area is 129 Å². The third kappa shape index (κ3) is 5.57. The topological polar surface area (TPSA) is 58.6 Å². The summed E-state index contributed by atoms with van der Waals surface area (Å²) in [5.74, 6) is 0.145. The van der Waals surface area contributed by atoms with Gasteiger partial charge in [-0.3, -0.25) is 4.79 Å². The van der Waals surface area contributed by atoms with E-state index in [9.17, 15) is 9.90 Å². The molecule has 1 rings (SSSR count). The van der Waals surface area contributed by atoms with E-state index in [0.717, 1.165) is 0 Å². The number of amides is 1. The number of aliphatic hydroxyl groups excluding tert-OH is 1. The lowest BCUT2D eigenvalue weighted by Gasteiger charge is -2.20. The second kappa shape index (κ2) is 7.72. The van der Waals surface area contributed by atoms with Crippen LogP contribution in [0.25, 0.3) is 0 Å². The van der Waals surface area contributed by atoms with E-state index in [2.05, 4.69) is 5.32 Å². The van der Waals surface area contributed by atoms with Crippen LogP contribution in [0.2, 0.25) is 10.0 Å². The van der Waals surface area contributed by atoms with Crippen molar-refractivity contribution in [1.29, 1.82) is 0 Å². The Hall–Kier alpha value is -0.970. The highest BCUT2D eigenvalue weighted by Gasteiger charge is 2.18. The Balaban J connectivity index is 2.57. The third-order valence-corrected chi connectivity index (χ3v) is 3.18. The number of benzene rings is 1. The summed E-state index contributed by atoms with van der Waals surface area (Å²) in [4.78, 5) is 11.9. The summed E-state index contributed by atoms with van der Waals surface area (Å²) >= 11 is 11.8. The van der Waals surface area contributed by atoms with Crippen LogP contribution in [-0.2, 0) is 4.79 Å². The number of ether oxygens (including phenoxy) is 1. The lowest BCUT2D eigenvalue weighted by atomic mass is 10.1. The third-order valence-electron chi connectivity index (χ3n) is 2.65. The molecule has 0 radical (unpaired) electrons. The Morgan fingerprint density at radius 1 is 1.35 bits per heavy atom. The van der Waals surface area contributed by atoms with Gasteiger partial charge in [-0.1, -0.05) is 23.2 Å². The van der Waals surface area contributed by atoms with Gasteiger partial charge in [0.1, 0.15) is 5.75 Å². The number of carbonyl (C=O) groups is 1. The molecule has 0 aliphatic carbocycles. The fraction of sp³-hybridized carbons (Fsp3) is 0.500. The van der Waals surface area contributed by atoms with E-state index in [-0.39, 0.29) is 11.9 Å². The van der Waals surface area contributed by atoms with Crippen molar-refractivity contribution in [3.63, 3.8) is 0 Å². The Morgan fingerprint density at radius 3 is 2.55 bits per heavy atom. The monoisotopic (exact) mass is 319 g/mol. The highest BCUT2D eigenvalue weighted by molar-refractivity contribution is 6.35. The molecule has 0 aromatic heterocycles. The second-order valence-electron chi connectivity index (χ2n) is 4.83. The lowest BCUT2D eigenvalue weighted by Crippen LogP contribution is -2.42. The van der Waals surface area contributed by atoms with Gasteiger partial charge in [-0.2, -0.15) is 0 Å². The van der Waals surface area contributed by atoms with Crippen LogP contribution in [0, 0.1) is 0 Å². The van der Waals surface area contributed by atoms with Gasteiger partial charge in [0.2, 0.25) is 0 Å². The zero-order chi connectivity index (χ0) is 15.3. The zero-order valence-electron chi connectivity index (χ0n) is 11.7. The van der Waals surface area contributed by atoms with Crippen LogP contribution in [0.4, 0.5) is 0 Å². The fourth-order valence-electron chi connectivity index (χ4n) is 1.75. The summed E-state index contributed by atoms with van der Waals surface area (Å²) in [5, 5.41) is 12.9. The molecule has 20 heavy (non-hydrogen) atoms. The zero-order valence-corrected chi connectivity index (χ0v) is 13.2. The van der Waals surface area contributed by atoms with E-state index in [0.29, 0.717) is 22.2 Å². The average molecular weight is 320 g/mol. The van der Waals surface area contributed by atoms with Crippen molar-refractivity contribution in [2.75, 3.05) is 0 Å². The van der Waals surface area contributed by atoms with E-state index in [1.807, 2.05) is 6.92 Å². The molecule has 0 saturated carbocycles. The summed E-state index contributed by atoms with van der Waals surface area (Å²) in [6.07, 6.45) is -0.669. The molecule has 0 aliphatic rings. The van der Waals surface area contributed by atoms with Crippen molar-refractivity contribution in [3.05, 3.63) is 28.2 Å². The number of halogens is 2. The van der Waals surface area contributed by atoms with Crippen LogP contribution >= 0.6 is 23.2 Å². The molecular weight excluding hydrogens is 301 g/mol. The molecule has 2 N–H and O–H groups in total. The van der Waals surface area contributed by atoms with Gasteiger partial charge in [-0.25, -0.2) is 0 Å². The maximum absolute atomic E-state index is 11.9. The smallest absolute Gasteiger partial charge is 0.260 e. The van der Waals surface area contributed by atoms with Crippen LogP contribution in [0.5, 0.6) is 5.75 Å². The van der Waals surface area contributed by atoms with E-state index in [1.165, 1.54) is 0 Å². The molecular formula is C14H19Cl2NO3. The van der Waals surface area contributed by atoms with E-state index in [4.69, 9.17) is 27.9 Å². The number of aliphatic hydroxyl groups is 1. The molecule has 112 valence electrons. The summed E-state index contributed by atoms with van der Waals surface area (Å²) in [6, 6.07) is 4.69. The number of hydrogen-bond donors (Lipinski definition) is 2. The molecule has 0 aliphatic heterocycles. The van der Waals surface area contributed by atoms with Gasteiger partial charge in [-0.05, 0) is 45.4 Å². The minimum Gasteiger partial charge on any atom is -0.479 e. The number of rotatable bonds is 6. The van der Waals surface area contributed by atoms with Crippen LogP contribution in [0.1, 0.15) is 27.2 Å². The molecule has 0 fully saturated rings. The first-order chi connectivity index (χ1) is 9.29. The fourth-order valence-corrected chi connectivity index (χ4v) is 2.20. The number of nitrogens with one attached hydrogen (secondary N) is 1. The van der Waals surface area contributed by atoms with Crippen molar-refractivity contribution in [1.82, 2.24) is 5.32 Å². The minimum atomic E-state index is -0.690. The van der Waals surface area contributed by atoms with Gasteiger partial charge in [0, 0.05) is 11.1 Å².